The summed E-state index contributed by atoms with van der Waals surface area (Å²) in [6.07, 6.45) is -0.0261. The van der Waals surface area contributed by atoms with Crippen molar-refractivity contribution in [3.05, 3.63) is 100 Å². The van der Waals surface area contributed by atoms with Crippen molar-refractivity contribution in [3.8, 4) is 5.75 Å². The van der Waals surface area contributed by atoms with Gasteiger partial charge in [-0.2, -0.15) is 0 Å². The van der Waals surface area contributed by atoms with Crippen LogP contribution in [0.15, 0.2) is 66.7 Å². The maximum Gasteiger partial charge on any atom is 0.261 e. The van der Waals surface area contributed by atoms with Gasteiger partial charge in [0.15, 0.2) is 6.10 Å². The Labute approximate surface area is 218 Å². The van der Waals surface area contributed by atoms with E-state index in [1.54, 1.807) is 13.0 Å². The van der Waals surface area contributed by atoms with E-state index in [1.165, 1.54) is 12.1 Å². The monoisotopic (exact) mass is 502 g/mol. The van der Waals surface area contributed by atoms with E-state index < -0.39 is 17.6 Å². The van der Waals surface area contributed by atoms with Gasteiger partial charge in [-0.1, -0.05) is 68.8 Å². The number of halogens is 1. The maximum atomic E-state index is 14.2. The summed E-state index contributed by atoms with van der Waals surface area (Å²) in [7, 11) is 0. The van der Waals surface area contributed by atoms with Gasteiger partial charge in [0.25, 0.3) is 5.91 Å². The Kier molecular flexibility index (Phi) is 7.67. The number of nitrogens with zero attached hydrogens (tertiary/aromatic N) is 1. The Hall–Kier alpha value is -3.67. The summed E-state index contributed by atoms with van der Waals surface area (Å²) in [6, 6.07) is 19.7. The van der Waals surface area contributed by atoms with Crippen LogP contribution in [0.4, 0.5) is 4.39 Å². The minimum Gasteiger partial charge on any atom is -0.481 e. The quantitative estimate of drug-likeness (QED) is 0.468. The van der Waals surface area contributed by atoms with E-state index in [4.69, 9.17) is 4.74 Å². The summed E-state index contributed by atoms with van der Waals surface area (Å²) >= 11 is 0. The van der Waals surface area contributed by atoms with Crippen LogP contribution in [-0.2, 0) is 22.6 Å². The molecule has 0 fully saturated rings. The number of aryl methyl sites for hydroxylation is 1. The van der Waals surface area contributed by atoms with Crippen LogP contribution >= 0.6 is 0 Å². The molecule has 0 bridgehead atoms. The first kappa shape index (κ1) is 26.4. The Bertz CT molecular complexity index is 1300. The largest absolute Gasteiger partial charge is 0.481 e. The predicted octanol–water partition coefficient (Wildman–Crippen LogP) is 5.74. The van der Waals surface area contributed by atoms with Crippen molar-refractivity contribution in [2.75, 3.05) is 6.54 Å². The molecule has 0 radical (unpaired) electrons. The Morgan fingerprint density at radius 2 is 1.84 bits per heavy atom. The zero-order valence-corrected chi connectivity index (χ0v) is 22.2. The van der Waals surface area contributed by atoms with Crippen molar-refractivity contribution in [1.29, 1.82) is 0 Å². The average Bonchev–Trinajstić information content (AvgIpc) is 2.85. The molecule has 0 saturated carbocycles. The number of amides is 2. The molecule has 37 heavy (non-hydrogen) atoms. The van der Waals surface area contributed by atoms with E-state index >= 15 is 0 Å². The summed E-state index contributed by atoms with van der Waals surface area (Å²) in [5, 5.41) is 2.93. The lowest BCUT2D eigenvalue weighted by Crippen LogP contribution is -2.45. The number of benzene rings is 3. The maximum absolute atomic E-state index is 14.2. The van der Waals surface area contributed by atoms with E-state index in [0.29, 0.717) is 30.8 Å². The molecule has 194 valence electrons. The molecule has 3 aromatic carbocycles. The van der Waals surface area contributed by atoms with Crippen LogP contribution in [-0.4, -0.2) is 29.4 Å². The van der Waals surface area contributed by atoms with Gasteiger partial charge >= 0.3 is 0 Å². The zero-order valence-electron chi connectivity index (χ0n) is 22.2. The third-order valence-electron chi connectivity index (χ3n) is 6.64. The summed E-state index contributed by atoms with van der Waals surface area (Å²) in [4.78, 5) is 28.0. The number of carbonyl (C=O) groups excluding carboxylic acids is 2. The van der Waals surface area contributed by atoms with Crippen LogP contribution in [0.25, 0.3) is 0 Å². The molecule has 5 nitrogen and oxygen atoms in total. The summed E-state index contributed by atoms with van der Waals surface area (Å²) in [5.74, 6) is -0.0319. The van der Waals surface area contributed by atoms with Crippen LogP contribution in [0.5, 0.6) is 5.75 Å². The number of hydrogen-bond donors (Lipinski definition) is 1. The van der Waals surface area contributed by atoms with Crippen LogP contribution in [0.3, 0.4) is 0 Å². The molecule has 6 heteroatoms. The summed E-state index contributed by atoms with van der Waals surface area (Å²) in [6.45, 7) is 10.4. The molecule has 4 rings (SSSR count). The van der Waals surface area contributed by atoms with Gasteiger partial charge in [-0.15, -0.1) is 0 Å². The van der Waals surface area contributed by atoms with Crippen molar-refractivity contribution in [2.45, 2.75) is 59.7 Å². The molecule has 2 unspecified atom stereocenters. The second-order valence-corrected chi connectivity index (χ2v) is 10.8. The van der Waals surface area contributed by atoms with Gasteiger partial charge in [-0.3, -0.25) is 9.59 Å². The average molecular weight is 503 g/mol. The number of carbonyl (C=O) groups is 2. The first-order valence-electron chi connectivity index (χ1n) is 12.7. The molecule has 2 atom stereocenters. The minimum absolute atomic E-state index is 0.00243. The molecule has 0 aromatic heterocycles. The molecular weight excluding hydrogens is 467 g/mol. The predicted molar refractivity (Wildman–Crippen MR) is 143 cm³/mol. The molecule has 1 aliphatic rings. The number of ether oxygens (including phenoxy) is 1. The standard InChI is InChI=1S/C31H35FN2O3/c1-20-8-6-9-22(16-20)19-33-29(35)21(2)37-26-13-12-23-14-15-34(30(36)31(3,4)5)28(27(23)18-26)24-10-7-11-25(32)17-24/h6-13,16-18,21,28H,14-15,19H2,1-5H3,(H,33,35). The third-order valence-corrected chi connectivity index (χ3v) is 6.64. The molecule has 0 spiro atoms. The van der Waals surface area contributed by atoms with Crippen molar-refractivity contribution in [2.24, 2.45) is 5.41 Å². The van der Waals surface area contributed by atoms with Crippen LogP contribution in [0.2, 0.25) is 0 Å². The molecule has 1 aliphatic heterocycles. The Morgan fingerprint density at radius 1 is 1.08 bits per heavy atom. The van der Waals surface area contributed by atoms with Crippen molar-refractivity contribution < 1.29 is 18.7 Å². The molecule has 1 N–H and O–H groups in total. The van der Waals surface area contributed by atoms with Crippen LogP contribution < -0.4 is 10.1 Å². The molecule has 0 aliphatic carbocycles. The number of hydrogen-bond acceptors (Lipinski definition) is 3. The van der Waals surface area contributed by atoms with Gasteiger partial charge in [0.2, 0.25) is 5.91 Å². The van der Waals surface area contributed by atoms with Crippen molar-refractivity contribution in [1.82, 2.24) is 10.2 Å². The topological polar surface area (TPSA) is 58.6 Å². The van der Waals surface area contributed by atoms with E-state index in [9.17, 15) is 14.0 Å². The second-order valence-electron chi connectivity index (χ2n) is 10.8. The highest BCUT2D eigenvalue weighted by atomic mass is 19.1. The number of fused-ring (bicyclic) bond motifs is 1. The van der Waals surface area contributed by atoms with Crippen molar-refractivity contribution in [3.63, 3.8) is 0 Å². The lowest BCUT2D eigenvalue weighted by molar-refractivity contribution is -0.141. The molecule has 3 aromatic rings. The van der Waals surface area contributed by atoms with Gasteiger partial charge < -0.3 is 15.0 Å². The van der Waals surface area contributed by atoms with Gasteiger partial charge in [0.1, 0.15) is 11.6 Å². The molecular formula is C31H35FN2O3. The van der Waals surface area contributed by atoms with E-state index in [1.807, 2.05) is 81.1 Å². The summed E-state index contributed by atoms with van der Waals surface area (Å²) in [5.41, 5.74) is 4.25. The lowest BCUT2D eigenvalue weighted by atomic mass is 9.85. The van der Waals surface area contributed by atoms with Gasteiger partial charge in [0, 0.05) is 18.5 Å². The third kappa shape index (κ3) is 6.19. The van der Waals surface area contributed by atoms with Crippen LogP contribution in [0.1, 0.15) is 61.6 Å². The second kappa shape index (κ2) is 10.8. The first-order valence-corrected chi connectivity index (χ1v) is 12.7. The van der Waals surface area contributed by atoms with Crippen LogP contribution in [0, 0.1) is 18.2 Å². The molecule has 2 amide bonds. The number of rotatable bonds is 6. The highest BCUT2D eigenvalue weighted by Gasteiger charge is 2.37. The van der Waals surface area contributed by atoms with E-state index in [-0.39, 0.29) is 17.6 Å². The van der Waals surface area contributed by atoms with Gasteiger partial charge in [0.05, 0.1) is 6.04 Å². The smallest absolute Gasteiger partial charge is 0.261 e. The fourth-order valence-electron chi connectivity index (χ4n) is 4.76. The minimum atomic E-state index is -0.716. The van der Waals surface area contributed by atoms with E-state index in [0.717, 1.165) is 22.3 Å². The SMILES string of the molecule is Cc1cccc(CNC(=O)C(C)Oc2ccc3c(c2)C(c2cccc(F)c2)N(C(=O)C(C)(C)C)CC3)c1. The highest BCUT2D eigenvalue weighted by Crippen LogP contribution is 2.39. The van der Waals surface area contributed by atoms with Gasteiger partial charge in [-0.05, 0) is 66.8 Å². The normalized spacial score (nSPS) is 16.1. The molecule has 0 saturated heterocycles. The molecule has 1 heterocycles. The Morgan fingerprint density at radius 3 is 2.54 bits per heavy atom. The van der Waals surface area contributed by atoms with Gasteiger partial charge in [-0.25, -0.2) is 4.39 Å². The lowest BCUT2D eigenvalue weighted by Gasteiger charge is -2.41. The highest BCUT2D eigenvalue weighted by molar-refractivity contribution is 5.83. The number of nitrogens with one attached hydrogen (secondary N) is 1. The fourth-order valence-corrected chi connectivity index (χ4v) is 4.76. The summed E-state index contributed by atoms with van der Waals surface area (Å²) < 4.78 is 20.3. The zero-order chi connectivity index (χ0) is 26.7. The first-order chi connectivity index (χ1) is 17.5. The van der Waals surface area contributed by atoms with E-state index in [2.05, 4.69) is 5.32 Å². The Balaban J connectivity index is 1.58. The van der Waals surface area contributed by atoms with Crippen molar-refractivity contribution >= 4 is 11.8 Å². The fraction of sp³-hybridized carbons (Fsp3) is 0.355.